The second-order valence-electron chi connectivity index (χ2n) is 6.83. The maximum atomic E-state index is 12.3. The molecule has 144 valence electrons. The summed E-state index contributed by atoms with van der Waals surface area (Å²) in [4.78, 5) is 12.3. The predicted octanol–water partition coefficient (Wildman–Crippen LogP) is 5.26. The van der Waals surface area contributed by atoms with Crippen LogP contribution in [0.25, 0.3) is 6.08 Å². The van der Waals surface area contributed by atoms with Gasteiger partial charge < -0.3 is 9.26 Å². The van der Waals surface area contributed by atoms with Crippen LogP contribution in [0.1, 0.15) is 46.7 Å². The fourth-order valence-electron chi connectivity index (χ4n) is 3.15. The van der Waals surface area contributed by atoms with Crippen molar-refractivity contribution in [3.63, 3.8) is 0 Å². The van der Waals surface area contributed by atoms with Crippen LogP contribution in [0.5, 0.6) is 0 Å². The summed E-state index contributed by atoms with van der Waals surface area (Å²) in [6, 6.07) is 15.6. The fourth-order valence-corrected chi connectivity index (χ4v) is 3.15. The molecular formula is C24H20N2O3. The number of aryl methyl sites for hydroxylation is 1. The number of hydrogen-bond acceptors (Lipinski definition) is 4. The standard InChI is InChI=1S/C24H20N2O3/c1-16-23(25-24(27)28-17(2)19-7-4-3-5-8-19)22(29-26-16)14-12-18-11-13-20-9-6-10-21(20)15-18/h3-9,11,13,15,17H,10H2,1-2H3,(H,25,27)/t17-/m1/s1. The summed E-state index contributed by atoms with van der Waals surface area (Å²) in [6.45, 7) is 3.56. The molecule has 1 N–H and O–H groups in total. The number of hydrogen-bond donors (Lipinski definition) is 1. The number of nitrogens with zero attached hydrogens (tertiary/aromatic N) is 1. The lowest BCUT2D eigenvalue weighted by Crippen LogP contribution is -2.16. The molecular weight excluding hydrogens is 364 g/mol. The van der Waals surface area contributed by atoms with E-state index in [1.165, 1.54) is 11.1 Å². The number of benzene rings is 2. The van der Waals surface area contributed by atoms with Gasteiger partial charge in [-0.05, 0) is 55.0 Å². The summed E-state index contributed by atoms with van der Waals surface area (Å²) in [5, 5.41) is 6.63. The van der Waals surface area contributed by atoms with E-state index in [9.17, 15) is 4.79 Å². The molecule has 0 spiro atoms. The van der Waals surface area contributed by atoms with Crippen molar-refractivity contribution in [2.24, 2.45) is 0 Å². The molecule has 0 bridgehead atoms. The normalized spacial score (nSPS) is 12.6. The first-order valence-electron chi connectivity index (χ1n) is 9.40. The first kappa shape index (κ1) is 18.6. The molecule has 29 heavy (non-hydrogen) atoms. The van der Waals surface area contributed by atoms with E-state index in [1.807, 2.05) is 43.3 Å². The Morgan fingerprint density at radius 1 is 1.21 bits per heavy atom. The lowest BCUT2D eigenvalue weighted by molar-refractivity contribution is 0.121. The highest BCUT2D eigenvalue weighted by Gasteiger charge is 2.17. The molecule has 1 aliphatic rings. The Hall–Kier alpha value is -3.78. The van der Waals surface area contributed by atoms with Crippen LogP contribution in [0.15, 0.2) is 59.1 Å². The SMILES string of the molecule is Cc1noc(C#Cc2ccc3c(c2)CC=C3)c1NC(=O)O[C@H](C)c1ccccc1. The van der Waals surface area contributed by atoms with Gasteiger partial charge in [0.25, 0.3) is 0 Å². The maximum absolute atomic E-state index is 12.3. The second-order valence-corrected chi connectivity index (χ2v) is 6.83. The van der Waals surface area contributed by atoms with Gasteiger partial charge in [-0.2, -0.15) is 0 Å². The van der Waals surface area contributed by atoms with Crippen molar-refractivity contribution in [2.45, 2.75) is 26.4 Å². The van der Waals surface area contributed by atoms with Gasteiger partial charge >= 0.3 is 6.09 Å². The van der Waals surface area contributed by atoms with Gasteiger partial charge in [0.2, 0.25) is 5.76 Å². The van der Waals surface area contributed by atoms with Crippen LogP contribution in [0.2, 0.25) is 0 Å². The highest BCUT2D eigenvalue weighted by molar-refractivity contribution is 5.87. The average Bonchev–Trinajstić information content (AvgIpc) is 3.33. The van der Waals surface area contributed by atoms with Gasteiger partial charge in [-0.1, -0.05) is 59.6 Å². The molecule has 1 aliphatic carbocycles. The first-order valence-corrected chi connectivity index (χ1v) is 9.40. The molecule has 1 amide bonds. The topological polar surface area (TPSA) is 64.4 Å². The smallest absolute Gasteiger partial charge is 0.412 e. The molecule has 0 radical (unpaired) electrons. The Labute approximate surface area is 169 Å². The third-order valence-electron chi connectivity index (χ3n) is 4.74. The van der Waals surface area contributed by atoms with E-state index in [-0.39, 0.29) is 6.10 Å². The van der Waals surface area contributed by atoms with Gasteiger partial charge in [0.1, 0.15) is 17.5 Å². The molecule has 0 saturated heterocycles. The molecule has 1 atom stereocenters. The molecule has 5 heteroatoms. The summed E-state index contributed by atoms with van der Waals surface area (Å²) in [5.41, 5.74) is 5.23. The molecule has 0 unspecified atom stereocenters. The van der Waals surface area contributed by atoms with Crippen molar-refractivity contribution in [1.29, 1.82) is 0 Å². The highest BCUT2D eigenvalue weighted by atomic mass is 16.6. The number of amides is 1. The summed E-state index contributed by atoms with van der Waals surface area (Å²) in [7, 11) is 0. The number of aromatic nitrogens is 1. The van der Waals surface area contributed by atoms with Gasteiger partial charge in [-0.25, -0.2) is 4.79 Å². The molecule has 1 heterocycles. The zero-order valence-electron chi connectivity index (χ0n) is 16.2. The summed E-state index contributed by atoms with van der Waals surface area (Å²) >= 11 is 0. The first-order chi connectivity index (χ1) is 14.1. The van der Waals surface area contributed by atoms with Crippen molar-refractivity contribution in [1.82, 2.24) is 5.16 Å². The van der Waals surface area contributed by atoms with Gasteiger partial charge in [0.05, 0.1) is 0 Å². The largest absolute Gasteiger partial charge is 0.441 e. The van der Waals surface area contributed by atoms with Gasteiger partial charge in [0.15, 0.2) is 0 Å². The van der Waals surface area contributed by atoms with Crippen molar-refractivity contribution >= 4 is 17.9 Å². The van der Waals surface area contributed by atoms with E-state index < -0.39 is 6.09 Å². The van der Waals surface area contributed by atoms with E-state index in [0.717, 1.165) is 17.5 Å². The number of carbonyl (C=O) groups excluding carboxylic acids is 1. The van der Waals surface area contributed by atoms with Crippen LogP contribution in [0, 0.1) is 18.8 Å². The highest BCUT2D eigenvalue weighted by Crippen LogP contribution is 2.23. The van der Waals surface area contributed by atoms with Gasteiger partial charge in [-0.15, -0.1) is 0 Å². The Morgan fingerprint density at radius 3 is 2.86 bits per heavy atom. The van der Waals surface area contributed by atoms with E-state index >= 15 is 0 Å². The molecule has 5 nitrogen and oxygen atoms in total. The summed E-state index contributed by atoms with van der Waals surface area (Å²) in [5.74, 6) is 6.34. The molecule has 0 saturated carbocycles. The average molecular weight is 384 g/mol. The number of carbonyl (C=O) groups is 1. The summed E-state index contributed by atoms with van der Waals surface area (Å²) in [6.07, 6.45) is 4.19. The number of rotatable bonds is 3. The van der Waals surface area contributed by atoms with Crippen LogP contribution in [-0.4, -0.2) is 11.2 Å². The van der Waals surface area contributed by atoms with E-state index in [1.54, 1.807) is 6.92 Å². The predicted molar refractivity (Wildman–Crippen MR) is 111 cm³/mol. The van der Waals surface area contributed by atoms with Crippen LogP contribution in [-0.2, 0) is 11.2 Å². The van der Waals surface area contributed by atoms with Crippen molar-refractivity contribution < 1.29 is 14.1 Å². The van der Waals surface area contributed by atoms with E-state index in [0.29, 0.717) is 17.1 Å². The van der Waals surface area contributed by atoms with E-state index in [4.69, 9.17) is 9.26 Å². The monoisotopic (exact) mass is 384 g/mol. The van der Waals surface area contributed by atoms with Gasteiger partial charge in [-0.3, -0.25) is 5.32 Å². The minimum absolute atomic E-state index is 0.297. The number of anilines is 1. The zero-order valence-corrected chi connectivity index (χ0v) is 16.2. The van der Waals surface area contributed by atoms with Crippen molar-refractivity contribution in [3.05, 3.63) is 88.3 Å². The molecule has 2 aromatic carbocycles. The second kappa shape index (κ2) is 8.07. The molecule has 3 aromatic rings. The van der Waals surface area contributed by atoms with Crippen molar-refractivity contribution in [3.8, 4) is 11.8 Å². The Balaban J connectivity index is 1.47. The third kappa shape index (κ3) is 4.22. The zero-order chi connectivity index (χ0) is 20.2. The third-order valence-corrected chi connectivity index (χ3v) is 4.74. The molecule has 0 fully saturated rings. The number of fused-ring (bicyclic) bond motifs is 1. The molecule has 0 aliphatic heterocycles. The van der Waals surface area contributed by atoms with Crippen LogP contribution in [0.3, 0.4) is 0 Å². The minimum Gasteiger partial charge on any atom is -0.441 e. The maximum Gasteiger partial charge on any atom is 0.412 e. The quantitative estimate of drug-likeness (QED) is 0.626. The van der Waals surface area contributed by atoms with E-state index in [2.05, 4.69) is 46.6 Å². The Bertz CT molecular complexity index is 1130. The Morgan fingerprint density at radius 2 is 2.03 bits per heavy atom. The molecule has 4 rings (SSSR count). The fraction of sp³-hybridized carbons (Fsp3) is 0.167. The Kier molecular flexibility index (Phi) is 5.17. The van der Waals surface area contributed by atoms with Gasteiger partial charge in [0, 0.05) is 5.56 Å². The van der Waals surface area contributed by atoms with Crippen molar-refractivity contribution in [2.75, 3.05) is 5.32 Å². The number of allylic oxidation sites excluding steroid dienone is 1. The van der Waals surface area contributed by atoms with Crippen LogP contribution >= 0.6 is 0 Å². The summed E-state index contributed by atoms with van der Waals surface area (Å²) < 4.78 is 10.8. The van der Waals surface area contributed by atoms with Crippen LogP contribution < -0.4 is 5.32 Å². The lowest BCUT2D eigenvalue weighted by atomic mass is 10.1. The molecule has 1 aromatic heterocycles. The van der Waals surface area contributed by atoms with Crippen LogP contribution in [0.4, 0.5) is 10.5 Å². The number of nitrogens with one attached hydrogen (secondary N) is 1. The number of ether oxygens (including phenoxy) is 1. The minimum atomic E-state index is -0.584. The lowest BCUT2D eigenvalue weighted by Gasteiger charge is -2.13.